The molecule has 0 amide bonds. The normalized spacial score (nSPS) is 10.5. The number of ether oxygens (including phenoxy) is 2. The standard InChI is InChI=1S/C23H22BrNO3/c1-27-23(26)13-18-8-5-9-21(12-18)28-22-11-10-20(24)14-19(22)16-25-15-17-6-3-2-4-7-17/h2-12,14,25H,13,15-16H2,1H3. The summed E-state index contributed by atoms with van der Waals surface area (Å²) >= 11 is 3.53. The van der Waals surface area contributed by atoms with Gasteiger partial charge in [-0.2, -0.15) is 0 Å². The van der Waals surface area contributed by atoms with Crippen molar-refractivity contribution in [3.63, 3.8) is 0 Å². The molecule has 28 heavy (non-hydrogen) atoms. The first-order valence-electron chi connectivity index (χ1n) is 9.01. The molecule has 0 aliphatic rings. The molecule has 0 atom stereocenters. The smallest absolute Gasteiger partial charge is 0.309 e. The van der Waals surface area contributed by atoms with Gasteiger partial charge in [-0.15, -0.1) is 0 Å². The molecule has 4 nitrogen and oxygen atoms in total. The second-order valence-corrected chi connectivity index (χ2v) is 7.26. The number of carbonyl (C=O) groups is 1. The molecule has 0 aromatic heterocycles. The second kappa shape index (κ2) is 10.1. The van der Waals surface area contributed by atoms with E-state index >= 15 is 0 Å². The van der Waals surface area contributed by atoms with Crippen LogP contribution in [0.3, 0.4) is 0 Å². The molecule has 3 aromatic rings. The van der Waals surface area contributed by atoms with E-state index in [1.54, 1.807) is 0 Å². The van der Waals surface area contributed by atoms with Crippen molar-refractivity contribution < 1.29 is 14.3 Å². The second-order valence-electron chi connectivity index (χ2n) is 6.34. The first kappa shape index (κ1) is 20.1. The van der Waals surface area contributed by atoms with E-state index in [0.717, 1.165) is 27.9 Å². The molecule has 0 heterocycles. The lowest BCUT2D eigenvalue weighted by Crippen LogP contribution is -2.13. The summed E-state index contributed by atoms with van der Waals surface area (Å²) in [7, 11) is 1.39. The summed E-state index contributed by atoms with van der Waals surface area (Å²) in [6, 6.07) is 23.7. The summed E-state index contributed by atoms with van der Waals surface area (Å²) < 4.78 is 11.8. The van der Waals surface area contributed by atoms with E-state index < -0.39 is 0 Å². The molecule has 144 valence electrons. The third-order valence-corrected chi connectivity index (χ3v) is 4.71. The highest BCUT2D eigenvalue weighted by Gasteiger charge is 2.08. The maximum Gasteiger partial charge on any atom is 0.309 e. The molecule has 3 rings (SSSR count). The number of carbonyl (C=O) groups excluding carboxylic acids is 1. The summed E-state index contributed by atoms with van der Waals surface area (Å²) in [6.45, 7) is 1.45. The van der Waals surface area contributed by atoms with Crippen LogP contribution >= 0.6 is 15.9 Å². The summed E-state index contributed by atoms with van der Waals surface area (Å²) in [5, 5.41) is 3.45. The fraction of sp³-hybridized carbons (Fsp3) is 0.174. The molecule has 0 saturated heterocycles. The monoisotopic (exact) mass is 439 g/mol. The lowest BCUT2D eigenvalue weighted by Gasteiger charge is -2.13. The fourth-order valence-corrected chi connectivity index (χ4v) is 3.22. The number of halogens is 1. The van der Waals surface area contributed by atoms with Crippen LogP contribution in [0.4, 0.5) is 0 Å². The number of nitrogens with one attached hydrogen (secondary N) is 1. The Morgan fingerprint density at radius 2 is 1.71 bits per heavy atom. The van der Waals surface area contributed by atoms with Gasteiger partial charge in [0.2, 0.25) is 0 Å². The van der Waals surface area contributed by atoms with E-state index in [0.29, 0.717) is 12.3 Å². The zero-order valence-corrected chi connectivity index (χ0v) is 17.2. The Kier molecular flexibility index (Phi) is 7.23. The van der Waals surface area contributed by atoms with Gasteiger partial charge >= 0.3 is 5.97 Å². The van der Waals surface area contributed by atoms with Gasteiger partial charge in [-0.1, -0.05) is 58.4 Å². The van der Waals surface area contributed by atoms with Crippen LogP contribution in [0, 0.1) is 0 Å². The summed E-state index contributed by atoms with van der Waals surface area (Å²) in [6.07, 6.45) is 0.222. The third-order valence-electron chi connectivity index (χ3n) is 4.21. The molecule has 0 spiro atoms. The van der Waals surface area contributed by atoms with E-state index in [-0.39, 0.29) is 12.4 Å². The molecule has 5 heteroatoms. The van der Waals surface area contributed by atoms with Crippen LogP contribution in [0.25, 0.3) is 0 Å². The SMILES string of the molecule is COC(=O)Cc1cccc(Oc2ccc(Br)cc2CNCc2ccccc2)c1. The molecular formula is C23H22BrNO3. The van der Waals surface area contributed by atoms with E-state index in [4.69, 9.17) is 9.47 Å². The minimum Gasteiger partial charge on any atom is -0.469 e. The van der Waals surface area contributed by atoms with E-state index in [2.05, 4.69) is 33.4 Å². The van der Waals surface area contributed by atoms with Crippen molar-refractivity contribution in [2.24, 2.45) is 0 Å². The number of esters is 1. The number of hydrogen-bond acceptors (Lipinski definition) is 4. The van der Waals surface area contributed by atoms with Gasteiger partial charge in [0.1, 0.15) is 11.5 Å². The van der Waals surface area contributed by atoms with Crippen molar-refractivity contribution in [3.8, 4) is 11.5 Å². The highest BCUT2D eigenvalue weighted by molar-refractivity contribution is 9.10. The molecule has 0 radical (unpaired) electrons. The van der Waals surface area contributed by atoms with Crippen molar-refractivity contribution in [2.45, 2.75) is 19.5 Å². The first-order chi connectivity index (χ1) is 13.6. The van der Waals surface area contributed by atoms with Gasteiger partial charge in [0.25, 0.3) is 0 Å². The maximum atomic E-state index is 11.5. The first-order valence-corrected chi connectivity index (χ1v) is 9.80. The minimum absolute atomic E-state index is 0.222. The van der Waals surface area contributed by atoms with Crippen molar-refractivity contribution >= 4 is 21.9 Å². The van der Waals surface area contributed by atoms with Crippen LogP contribution < -0.4 is 10.1 Å². The highest BCUT2D eigenvalue weighted by atomic mass is 79.9. The lowest BCUT2D eigenvalue weighted by atomic mass is 10.1. The molecule has 0 fully saturated rings. The summed E-state index contributed by atoms with van der Waals surface area (Å²) in [4.78, 5) is 11.5. The minimum atomic E-state index is -0.272. The largest absolute Gasteiger partial charge is 0.469 e. The third kappa shape index (κ3) is 5.94. The van der Waals surface area contributed by atoms with Crippen molar-refractivity contribution in [2.75, 3.05) is 7.11 Å². The van der Waals surface area contributed by atoms with Crippen LogP contribution in [0.5, 0.6) is 11.5 Å². The average molecular weight is 440 g/mol. The Labute approximate surface area is 173 Å². The molecule has 3 aromatic carbocycles. The molecule has 0 saturated carbocycles. The predicted octanol–water partition coefficient (Wildman–Crippen LogP) is 5.25. The van der Waals surface area contributed by atoms with E-state index in [9.17, 15) is 4.79 Å². The lowest BCUT2D eigenvalue weighted by molar-refractivity contribution is -0.139. The Morgan fingerprint density at radius 3 is 2.50 bits per heavy atom. The quantitative estimate of drug-likeness (QED) is 0.487. The van der Waals surface area contributed by atoms with Gasteiger partial charge in [0.15, 0.2) is 0 Å². The zero-order chi connectivity index (χ0) is 19.8. The van der Waals surface area contributed by atoms with Gasteiger partial charge in [-0.05, 0) is 41.5 Å². The van der Waals surface area contributed by atoms with Crippen LogP contribution in [0.2, 0.25) is 0 Å². The van der Waals surface area contributed by atoms with Gasteiger partial charge < -0.3 is 14.8 Å². The molecule has 0 bridgehead atoms. The summed E-state index contributed by atoms with van der Waals surface area (Å²) in [5.74, 6) is 1.19. The van der Waals surface area contributed by atoms with E-state index in [1.807, 2.05) is 60.7 Å². The van der Waals surface area contributed by atoms with Gasteiger partial charge in [-0.3, -0.25) is 4.79 Å². The molecule has 0 aliphatic heterocycles. The van der Waals surface area contributed by atoms with Crippen molar-refractivity contribution in [1.82, 2.24) is 5.32 Å². The molecule has 0 unspecified atom stereocenters. The van der Waals surface area contributed by atoms with Gasteiger partial charge in [0, 0.05) is 23.1 Å². The van der Waals surface area contributed by atoms with E-state index in [1.165, 1.54) is 12.7 Å². The number of methoxy groups -OCH3 is 1. The number of benzene rings is 3. The Morgan fingerprint density at radius 1 is 0.929 bits per heavy atom. The number of hydrogen-bond donors (Lipinski definition) is 1. The Bertz CT molecular complexity index is 928. The van der Waals surface area contributed by atoms with Crippen LogP contribution in [-0.4, -0.2) is 13.1 Å². The summed E-state index contributed by atoms with van der Waals surface area (Å²) in [5.41, 5.74) is 3.13. The highest BCUT2D eigenvalue weighted by Crippen LogP contribution is 2.29. The molecule has 1 N–H and O–H groups in total. The van der Waals surface area contributed by atoms with Crippen molar-refractivity contribution in [3.05, 3.63) is 94.0 Å². The molecule has 0 aliphatic carbocycles. The topological polar surface area (TPSA) is 47.6 Å². The van der Waals surface area contributed by atoms with Gasteiger partial charge in [-0.25, -0.2) is 0 Å². The van der Waals surface area contributed by atoms with Gasteiger partial charge in [0.05, 0.1) is 13.5 Å². The van der Waals surface area contributed by atoms with Crippen LogP contribution in [-0.2, 0) is 29.0 Å². The maximum absolute atomic E-state index is 11.5. The van der Waals surface area contributed by atoms with Crippen LogP contribution in [0.15, 0.2) is 77.3 Å². The Hall–Kier alpha value is -2.63. The van der Waals surface area contributed by atoms with Crippen LogP contribution in [0.1, 0.15) is 16.7 Å². The average Bonchev–Trinajstić information content (AvgIpc) is 2.71. The zero-order valence-electron chi connectivity index (χ0n) is 15.7. The number of rotatable bonds is 8. The molecular weight excluding hydrogens is 418 g/mol. The predicted molar refractivity (Wildman–Crippen MR) is 113 cm³/mol. The Balaban J connectivity index is 1.70. The van der Waals surface area contributed by atoms with Crippen molar-refractivity contribution in [1.29, 1.82) is 0 Å². The fourth-order valence-electron chi connectivity index (χ4n) is 2.81.